The minimum atomic E-state index is 0.551. The number of anilines is 1. The van der Waals surface area contributed by atoms with Crippen molar-refractivity contribution in [2.45, 2.75) is 19.8 Å². The number of nitrogens with zero attached hydrogens (tertiary/aromatic N) is 2. The summed E-state index contributed by atoms with van der Waals surface area (Å²) in [5.74, 6) is 0.551. The zero-order valence-electron chi connectivity index (χ0n) is 14.2. The van der Waals surface area contributed by atoms with Crippen LogP contribution in [0.2, 0.25) is 5.02 Å². The van der Waals surface area contributed by atoms with Crippen LogP contribution < -0.4 is 4.90 Å². The molecule has 1 heterocycles. The normalized spacial score (nSPS) is 15.0. The lowest BCUT2D eigenvalue weighted by molar-refractivity contribution is 0.392. The van der Waals surface area contributed by atoms with Crippen LogP contribution in [0.1, 0.15) is 30.9 Å². The molecule has 0 aromatic heterocycles. The summed E-state index contributed by atoms with van der Waals surface area (Å²) in [5, 5.41) is 0.781. The molecule has 2 aromatic rings. The topological polar surface area (TPSA) is 6.48 Å². The highest BCUT2D eigenvalue weighted by Gasteiger charge is 2.20. The molecule has 0 saturated carbocycles. The number of rotatable bonds is 3. The monoisotopic (exact) mass is 358 g/mol. The van der Waals surface area contributed by atoms with Crippen LogP contribution in [0.3, 0.4) is 0 Å². The van der Waals surface area contributed by atoms with Crippen LogP contribution >= 0.6 is 23.8 Å². The molecule has 2 nitrogen and oxygen atoms in total. The fourth-order valence-electron chi connectivity index (χ4n) is 3.01. The van der Waals surface area contributed by atoms with Gasteiger partial charge in [-0.3, -0.25) is 0 Å². The highest BCUT2D eigenvalue weighted by molar-refractivity contribution is 7.80. The van der Waals surface area contributed by atoms with Crippen LogP contribution in [0.25, 0.3) is 0 Å². The van der Waals surface area contributed by atoms with Gasteiger partial charge in [0.05, 0.1) is 0 Å². The van der Waals surface area contributed by atoms with E-state index in [2.05, 4.69) is 60.0 Å². The summed E-state index contributed by atoms with van der Waals surface area (Å²) >= 11 is 11.7. The highest BCUT2D eigenvalue weighted by atomic mass is 35.5. The molecule has 2 aromatic carbocycles. The first-order valence-corrected chi connectivity index (χ1v) is 9.23. The number of thiocarbonyl (C=S) groups is 1. The van der Waals surface area contributed by atoms with Crippen LogP contribution in [-0.4, -0.2) is 36.1 Å². The largest absolute Gasteiger partial charge is 0.368 e. The number of piperazine rings is 1. The van der Waals surface area contributed by atoms with Crippen molar-refractivity contribution in [3.8, 4) is 0 Å². The van der Waals surface area contributed by atoms with Crippen molar-refractivity contribution >= 4 is 34.5 Å². The molecule has 3 rings (SSSR count). The summed E-state index contributed by atoms with van der Waals surface area (Å²) < 4.78 is 0. The van der Waals surface area contributed by atoms with Gasteiger partial charge in [-0.05, 0) is 35.7 Å². The van der Waals surface area contributed by atoms with Crippen LogP contribution in [0.5, 0.6) is 0 Å². The Morgan fingerprint density at radius 3 is 2.04 bits per heavy atom. The maximum absolute atomic E-state index is 5.97. The van der Waals surface area contributed by atoms with Crippen molar-refractivity contribution in [2.75, 3.05) is 31.1 Å². The lowest BCUT2D eigenvalue weighted by Crippen LogP contribution is -2.48. The molecule has 0 radical (unpaired) electrons. The first-order valence-electron chi connectivity index (χ1n) is 8.44. The van der Waals surface area contributed by atoms with Crippen LogP contribution in [0.4, 0.5) is 5.69 Å². The molecule has 0 aliphatic carbocycles. The average Bonchev–Trinajstić information content (AvgIpc) is 2.62. The second-order valence-electron chi connectivity index (χ2n) is 6.53. The molecule has 1 saturated heterocycles. The SMILES string of the molecule is CC(C)c1ccc(C(=S)N2CCN(c3ccc(Cl)cc3)CC2)cc1. The van der Waals surface area contributed by atoms with Crippen molar-refractivity contribution in [2.24, 2.45) is 0 Å². The smallest absolute Gasteiger partial charge is 0.109 e. The molecule has 0 atom stereocenters. The molecule has 0 unspecified atom stereocenters. The highest BCUT2D eigenvalue weighted by Crippen LogP contribution is 2.21. The molecule has 0 N–H and O–H groups in total. The number of hydrogen-bond donors (Lipinski definition) is 0. The minimum absolute atomic E-state index is 0.551. The molecular weight excluding hydrogens is 336 g/mol. The van der Waals surface area contributed by atoms with E-state index >= 15 is 0 Å². The van der Waals surface area contributed by atoms with Crippen LogP contribution in [-0.2, 0) is 0 Å². The number of benzene rings is 2. The van der Waals surface area contributed by atoms with Gasteiger partial charge >= 0.3 is 0 Å². The van der Waals surface area contributed by atoms with Crippen molar-refractivity contribution in [3.63, 3.8) is 0 Å². The summed E-state index contributed by atoms with van der Waals surface area (Å²) in [6.07, 6.45) is 0. The maximum Gasteiger partial charge on any atom is 0.109 e. The Kier molecular flexibility index (Phi) is 5.42. The number of hydrogen-bond acceptors (Lipinski definition) is 2. The Morgan fingerprint density at radius 2 is 1.50 bits per heavy atom. The Balaban J connectivity index is 1.61. The van der Waals surface area contributed by atoms with E-state index in [9.17, 15) is 0 Å². The third-order valence-corrected chi connectivity index (χ3v) is 5.33. The van der Waals surface area contributed by atoms with Crippen molar-refractivity contribution < 1.29 is 0 Å². The maximum atomic E-state index is 5.97. The molecule has 0 bridgehead atoms. The molecule has 4 heteroatoms. The number of halogens is 1. The standard InChI is InChI=1S/C20H23ClN2S/c1-15(2)16-3-5-17(6-4-16)20(24)23-13-11-22(12-14-23)19-9-7-18(21)8-10-19/h3-10,15H,11-14H2,1-2H3. The van der Waals surface area contributed by atoms with Gasteiger partial charge in [0.25, 0.3) is 0 Å². The first kappa shape index (κ1) is 17.2. The summed E-state index contributed by atoms with van der Waals surface area (Å²) in [6.45, 7) is 8.28. The Bertz CT molecular complexity index is 687. The van der Waals surface area contributed by atoms with E-state index in [1.807, 2.05) is 12.1 Å². The van der Waals surface area contributed by atoms with E-state index in [4.69, 9.17) is 23.8 Å². The first-order chi connectivity index (χ1) is 11.5. The van der Waals surface area contributed by atoms with E-state index in [0.717, 1.165) is 41.8 Å². The lowest BCUT2D eigenvalue weighted by atomic mass is 10.0. The average molecular weight is 359 g/mol. The van der Waals surface area contributed by atoms with Gasteiger partial charge in [0.15, 0.2) is 0 Å². The third kappa shape index (κ3) is 3.90. The second-order valence-corrected chi connectivity index (χ2v) is 7.36. The molecule has 1 fully saturated rings. The molecule has 126 valence electrons. The molecule has 0 spiro atoms. The molecule has 1 aliphatic heterocycles. The predicted molar refractivity (Wildman–Crippen MR) is 107 cm³/mol. The van der Waals surface area contributed by atoms with Gasteiger partial charge in [0.1, 0.15) is 4.99 Å². The van der Waals surface area contributed by atoms with E-state index in [0.29, 0.717) is 5.92 Å². The van der Waals surface area contributed by atoms with E-state index < -0.39 is 0 Å². The van der Waals surface area contributed by atoms with E-state index in [-0.39, 0.29) is 0 Å². The van der Waals surface area contributed by atoms with Gasteiger partial charge in [0.2, 0.25) is 0 Å². The van der Waals surface area contributed by atoms with Gasteiger partial charge in [-0.25, -0.2) is 0 Å². The summed E-state index contributed by atoms with van der Waals surface area (Å²) in [6, 6.07) is 16.8. The Hall–Kier alpha value is -1.58. The fourth-order valence-corrected chi connectivity index (χ4v) is 3.46. The summed E-state index contributed by atoms with van der Waals surface area (Å²) in [5.41, 5.74) is 3.73. The van der Waals surface area contributed by atoms with Crippen molar-refractivity contribution in [3.05, 3.63) is 64.7 Å². The fraction of sp³-hybridized carbons (Fsp3) is 0.350. The van der Waals surface area contributed by atoms with Crippen LogP contribution in [0, 0.1) is 0 Å². The van der Waals surface area contributed by atoms with Gasteiger partial charge in [0, 0.05) is 42.5 Å². The lowest BCUT2D eigenvalue weighted by Gasteiger charge is -2.37. The van der Waals surface area contributed by atoms with Crippen molar-refractivity contribution in [1.29, 1.82) is 0 Å². The van der Waals surface area contributed by atoms with E-state index in [1.165, 1.54) is 11.3 Å². The van der Waals surface area contributed by atoms with Gasteiger partial charge in [-0.15, -0.1) is 0 Å². The third-order valence-electron chi connectivity index (χ3n) is 4.58. The zero-order chi connectivity index (χ0) is 17.1. The molecule has 1 aliphatic rings. The predicted octanol–water partition coefficient (Wildman–Crippen LogP) is 4.96. The van der Waals surface area contributed by atoms with Crippen LogP contribution in [0.15, 0.2) is 48.5 Å². The minimum Gasteiger partial charge on any atom is -0.368 e. The summed E-state index contributed by atoms with van der Waals surface area (Å²) in [7, 11) is 0. The van der Waals surface area contributed by atoms with Gasteiger partial charge in [-0.1, -0.05) is 61.9 Å². The zero-order valence-corrected chi connectivity index (χ0v) is 15.8. The quantitative estimate of drug-likeness (QED) is 0.716. The molecule has 24 heavy (non-hydrogen) atoms. The van der Waals surface area contributed by atoms with Crippen molar-refractivity contribution in [1.82, 2.24) is 4.90 Å². The summed E-state index contributed by atoms with van der Waals surface area (Å²) in [4.78, 5) is 5.66. The Labute approximate surface area is 155 Å². The second kappa shape index (κ2) is 7.54. The Morgan fingerprint density at radius 1 is 0.917 bits per heavy atom. The molecular formula is C20H23ClN2S. The molecule has 0 amide bonds. The van der Waals surface area contributed by atoms with Gasteiger partial charge < -0.3 is 9.80 Å². The van der Waals surface area contributed by atoms with E-state index in [1.54, 1.807) is 0 Å². The van der Waals surface area contributed by atoms with Gasteiger partial charge in [-0.2, -0.15) is 0 Å².